The maximum atomic E-state index is 12.7. The van der Waals surface area contributed by atoms with Crippen LogP contribution in [0.2, 0.25) is 0 Å². The van der Waals surface area contributed by atoms with Gasteiger partial charge in [0.15, 0.2) is 5.82 Å². The summed E-state index contributed by atoms with van der Waals surface area (Å²) in [6.07, 6.45) is 8.53. The standard InChI is InChI=1S/C18H27N9O/c1-2-27-23-18(22-24-27)26-10-6-14(7-11-26)17(28)21-15-12-19-13-16(20-15)25-8-4-3-5-9-25/h12-14H,2-11H2,1H3,(H,20,21,28). The van der Waals surface area contributed by atoms with Crippen molar-refractivity contribution in [3.05, 3.63) is 12.4 Å². The minimum Gasteiger partial charge on any atom is -0.355 e. The number of tetrazole rings is 1. The van der Waals surface area contributed by atoms with E-state index >= 15 is 0 Å². The van der Waals surface area contributed by atoms with E-state index in [0.29, 0.717) is 18.3 Å². The Labute approximate surface area is 164 Å². The first-order valence-corrected chi connectivity index (χ1v) is 10.1. The van der Waals surface area contributed by atoms with Gasteiger partial charge < -0.3 is 15.1 Å². The molecule has 0 saturated carbocycles. The summed E-state index contributed by atoms with van der Waals surface area (Å²) in [4.78, 5) is 27.4. The van der Waals surface area contributed by atoms with E-state index in [1.807, 2.05) is 6.92 Å². The van der Waals surface area contributed by atoms with Crippen molar-refractivity contribution in [1.29, 1.82) is 0 Å². The molecule has 0 radical (unpaired) electrons. The van der Waals surface area contributed by atoms with Crippen molar-refractivity contribution in [2.75, 3.05) is 41.3 Å². The summed E-state index contributed by atoms with van der Waals surface area (Å²) < 4.78 is 0. The Morgan fingerprint density at radius 2 is 1.89 bits per heavy atom. The molecule has 0 unspecified atom stereocenters. The second-order valence-corrected chi connectivity index (χ2v) is 7.34. The highest BCUT2D eigenvalue weighted by Crippen LogP contribution is 2.22. The first-order valence-electron chi connectivity index (χ1n) is 10.1. The van der Waals surface area contributed by atoms with Gasteiger partial charge in [0.1, 0.15) is 5.82 Å². The van der Waals surface area contributed by atoms with Crippen LogP contribution in [0.3, 0.4) is 0 Å². The van der Waals surface area contributed by atoms with Crippen LogP contribution in [0.25, 0.3) is 0 Å². The molecule has 2 aromatic rings. The highest BCUT2D eigenvalue weighted by Gasteiger charge is 2.27. The molecule has 150 valence electrons. The number of hydrogen-bond donors (Lipinski definition) is 1. The molecule has 4 rings (SSSR count). The largest absolute Gasteiger partial charge is 0.355 e. The maximum Gasteiger partial charge on any atom is 0.266 e. The van der Waals surface area contributed by atoms with Gasteiger partial charge in [-0.1, -0.05) is 5.10 Å². The number of hydrogen-bond acceptors (Lipinski definition) is 8. The van der Waals surface area contributed by atoms with E-state index in [9.17, 15) is 4.79 Å². The van der Waals surface area contributed by atoms with Gasteiger partial charge in [-0.05, 0) is 44.2 Å². The lowest BCUT2D eigenvalue weighted by Gasteiger charge is -2.30. The number of piperidine rings is 2. The van der Waals surface area contributed by atoms with Crippen molar-refractivity contribution in [2.45, 2.75) is 45.6 Å². The van der Waals surface area contributed by atoms with Crippen molar-refractivity contribution in [2.24, 2.45) is 5.92 Å². The third-order valence-corrected chi connectivity index (χ3v) is 5.43. The first kappa shape index (κ1) is 18.6. The lowest BCUT2D eigenvalue weighted by atomic mass is 9.96. The van der Waals surface area contributed by atoms with E-state index in [2.05, 4.69) is 40.5 Å². The Bertz CT molecular complexity index is 794. The summed E-state index contributed by atoms with van der Waals surface area (Å²) in [6, 6.07) is 0. The molecule has 4 heterocycles. The second-order valence-electron chi connectivity index (χ2n) is 7.34. The highest BCUT2D eigenvalue weighted by molar-refractivity contribution is 5.91. The number of aryl methyl sites for hydroxylation is 1. The zero-order chi connectivity index (χ0) is 19.3. The van der Waals surface area contributed by atoms with E-state index in [1.165, 1.54) is 19.3 Å². The summed E-state index contributed by atoms with van der Waals surface area (Å²) in [5.41, 5.74) is 0. The highest BCUT2D eigenvalue weighted by atomic mass is 16.2. The van der Waals surface area contributed by atoms with Gasteiger partial charge in [0.05, 0.1) is 18.9 Å². The van der Waals surface area contributed by atoms with Crippen LogP contribution in [-0.4, -0.2) is 62.3 Å². The van der Waals surface area contributed by atoms with Crippen LogP contribution in [0, 0.1) is 5.92 Å². The van der Waals surface area contributed by atoms with Crippen molar-refractivity contribution in [3.63, 3.8) is 0 Å². The van der Waals surface area contributed by atoms with Gasteiger partial charge >= 0.3 is 0 Å². The van der Waals surface area contributed by atoms with Gasteiger partial charge in [-0.15, -0.1) is 5.10 Å². The molecule has 0 spiro atoms. The van der Waals surface area contributed by atoms with Gasteiger partial charge in [-0.25, -0.2) is 4.98 Å². The van der Waals surface area contributed by atoms with E-state index in [4.69, 9.17) is 0 Å². The number of carbonyl (C=O) groups is 1. The van der Waals surface area contributed by atoms with Crippen LogP contribution >= 0.6 is 0 Å². The lowest BCUT2D eigenvalue weighted by Crippen LogP contribution is -2.39. The molecule has 0 bridgehead atoms. The van der Waals surface area contributed by atoms with Gasteiger partial charge in [0.2, 0.25) is 5.91 Å². The summed E-state index contributed by atoms with van der Waals surface area (Å²) in [5, 5.41) is 15.4. The molecule has 1 N–H and O–H groups in total. The maximum absolute atomic E-state index is 12.7. The summed E-state index contributed by atoms with van der Waals surface area (Å²) in [5.74, 6) is 1.98. The minimum absolute atomic E-state index is 0.00918. The fraction of sp³-hybridized carbons (Fsp3) is 0.667. The number of anilines is 3. The summed E-state index contributed by atoms with van der Waals surface area (Å²) >= 11 is 0. The summed E-state index contributed by atoms with van der Waals surface area (Å²) in [6.45, 7) is 6.16. The fourth-order valence-corrected chi connectivity index (χ4v) is 3.76. The first-order chi connectivity index (χ1) is 13.7. The number of rotatable bonds is 5. The van der Waals surface area contributed by atoms with E-state index in [-0.39, 0.29) is 11.8 Å². The molecule has 28 heavy (non-hydrogen) atoms. The zero-order valence-electron chi connectivity index (χ0n) is 16.3. The molecule has 2 aliphatic rings. The average Bonchev–Trinajstić information content (AvgIpc) is 3.24. The van der Waals surface area contributed by atoms with E-state index in [1.54, 1.807) is 17.2 Å². The Kier molecular flexibility index (Phi) is 5.63. The van der Waals surface area contributed by atoms with Crippen LogP contribution in [0.1, 0.15) is 39.0 Å². The zero-order valence-corrected chi connectivity index (χ0v) is 16.3. The molecular weight excluding hydrogens is 358 g/mol. The molecule has 2 aromatic heterocycles. The van der Waals surface area contributed by atoms with Gasteiger partial charge in [-0.2, -0.15) is 4.80 Å². The van der Waals surface area contributed by atoms with Gasteiger partial charge in [0, 0.05) is 32.1 Å². The number of aromatic nitrogens is 6. The smallest absolute Gasteiger partial charge is 0.266 e. The van der Waals surface area contributed by atoms with Crippen molar-refractivity contribution < 1.29 is 4.79 Å². The summed E-state index contributed by atoms with van der Waals surface area (Å²) in [7, 11) is 0. The second kappa shape index (κ2) is 8.49. The monoisotopic (exact) mass is 385 g/mol. The lowest BCUT2D eigenvalue weighted by molar-refractivity contribution is -0.120. The topological polar surface area (TPSA) is 105 Å². The Morgan fingerprint density at radius 3 is 2.61 bits per heavy atom. The SMILES string of the molecule is CCn1nnc(N2CCC(C(=O)Nc3cncc(N4CCCCC4)n3)CC2)n1. The van der Waals surface area contributed by atoms with Gasteiger partial charge in [0.25, 0.3) is 5.95 Å². The molecule has 10 heteroatoms. The molecule has 1 amide bonds. The van der Waals surface area contributed by atoms with Crippen molar-refractivity contribution in [3.8, 4) is 0 Å². The molecule has 2 aliphatic heterocycles. The van der Waals surface area contributed by atoms with Crippen molar-refractivity contribution >= 4 is 23.5 Å². The number of amides is 1. The number of nitrogens with one attached hydrogen (secondary N) is 1. The molecular formula is C18H27N9O. The predicted molar refractivity (Wildman–Crippen MR) is 105 cm³/mol. The third kappa shape index (κ3) is 4.20. The molecule has 2 fully saturated rings. The Hall–Kier alpha value is -2.78. The number of carbonyl (C=O) groups excluding carboxylic acids is 1. The molecule has 10 nitrogen and oxygen atoms in total. The third-order valence-electron chi connectivity index (χ3n) is 5.43. The molecule has 0 atom stereocenters. The van der Waals surface area contributed by atoms with Crippen LogP contribution in [0.4, 0.5) is 17.6 Å². The molecule has 0 aliphatic carbocycles. The van der Waals surface area contributed by atoms with Crippen LogP contribution in [0.15, 0.2) is 12.4 Å². The molecule has 0 aromatic carbocycles. The van der Waals surface area contributed by atoms with Crippen LogP contribution in [-0.2, 0) is 11.3 Å². The fourth-order valence-electron chi connectivity index (χ4n) is 3.76. The Balaban J connectivity index is 1.32. The predicted octanol–water partition coefficient (Wildman–Crippen LogP) is 1.33. The normalized spacial score (nSPS) is 18.3. The Morgan fingerprint density at radius 1 is 1.11 bits per heavy atom. The van der Waals surface area contributed by atoms with E-state index in [0.717, 1.165) is 44.8 Å². The van der Waals surface area contributed by atoms with Crippen LogP contribution < -0.4 is 15.1 Å². The quantitative estimate of drug-likeness (QED) is 0.822. The molecule has 2 saturated heterocycles. The average molecular weight is 385 g/mol. The van der Waals surface area contributed by atoms with Gasteiger partial charge in [-0.3, -0.25) is 9.78 Å². The van der Waals surface area contributed by atoms with E-state index < -0.39 is 0 Å². The minimum atomic E-state index is -0.0436. The van der Waals surface area contributed by atoms with Crippen molar-refractivity contribution in [1.82, 2.24) is 30.2 Å². The van der Waals surface area contributed by atoms with Crippen LogP contribution in [0.5, 0.6) is 0 Å². The number of nitrogens with zero attached hydrogens (tertiary/aromatic N) is 8.